The Kier molecular flexibility index (Phi) is 9.54. The molecule has 0 aliphatic carbocycles. The number of unbranched alkanes of at least 4 members (excludes halogenated alkanes) is 4. The molecule has 0 unspecified atom stereocenters. The molecule has 196 valence electrons. The summed E-state index contributed by atoms with van der Waals surface area (Å²) in [7, 11) is 0. The molecule has 2 heterocycles. The molecule has 0 atom stereocenters. The number of hydrogen-bond donors (Lipinski definition) is 0. The molecule has 0 aliphatic heterocycles. The van der Waals surface area contributed by atoms with Crippen LogP contribution in [0.15, 0.2) is 47.3 Å². The molecule has 4 rings (SSSR count). The summed E-state index contributed by atoms with van der Waals surface area (Å²) in [5.74, 6) is 2.75. The van der Waals surface area contributed by atoms with E-state index in [9.17, 15) is 4.79 Å². The second-order valence-corrected chi connectivity index (χ2v) is 9.83. The van der Waals surface area contributed by atoms with Gasteiger partial charge in [-0.1, -0.05) is 56.9 Å². The molecule has 0 fully saturated rings. The molecule has 8 heteroatoms. The Hall–Kier alpha value is -3.39. The van der Waals surface area contributed by atoms with Gasteiger partial charge in [0.1, 0.15) is 5.75 Å². The van der Waals surface area contributed by atoms with Crippen LogP contribution in [0.25, 0.3) is 22.4 Å². The molecule has 0 N–H and O–H groups in total. The average Bonchev–Trinajstić information content (AvgIpc) is 3.45. The summed E-state index contributed by atoms with van der Waals surface area (Å²) >= 11 is 1.32. The van der Waals surface area contributed by atoms with Crippen molar-refractivity contribution in [3.8, 4) is 28.6 Å². The lowest BCUT2D eigenvalue weighted by Gasteiger charge is -2.12. The maximum atomic E-state index is 13.0. The Morgan fingerprint density at radius 1 is 0.865 bits per heavy atom. The zero-order chi connectivity index (χ0) is 26.0. The summed E-state index contributed by atoms with van der Waals surface area (Å²) < 4.78 is 19.4. The van der Waals surface area contributed by atoms with E-state index in [1.807, 2.05) is 55.5 Å². The molecular weight excluding hydrogens is 486 g/mol. The highest BCUT2D eigenvalue weighted by Gasteiger charge is 2.13. The third-order valence-corrected chi connectivity index (χ3v) is 6.84. The van der Waals surface area contributed by atoms with Crippen LogP contribution in [0.2, 0.25) is 0 Å². The van der Waals surface area contributed by atoms with Crippen LogP contribution in [0, 0.1) is 0 Å². The van der Waals surface area contributed by atoms with E-state index >= 15 is 0 Å². The molecule has 0 saturated heterocycles. The minimum atomic E-state index is -0.188. The van der Waals surface area contributed by atoms with Crippen molar-refractivity contribution in [1.82, 2.24) is 14.6 Å². The van der Waals surface area contributed by atoms with Crippen molar-refractivity contribution in [2.45, 2.75) is 59.3 Å². The van der Waals surface area contributed by atoms with Crippen molar-refractivity contribution in [3.63, 3.8) is 0 Å². The van der Waals surface area contributed by atoms with Gasteiger partial charge < -0.3 is 14.2 Å². The fourth-order valence-corrected chi connectivity index (χ4v) is 4.76. The van der Waals surface area contributed by atoms with Gasteiger partial charge in [0.05, 0.1) is 24.4 Å². The zero-order valence-corrected chi connectivity index (χ0v) is 22.7. The lowest BCUT2D eigenvalue weighted by Crippen LogP contribution is -2.23. The number of benzene rings is 2. The van der Waals surface area contributed by atoms with Crippen molar-refractivity contribution < 1.29 is 14.2 Å². The molecule has 0 spiro atoms. The number of fused-ring (bicyclic) bond motifs is 1. The second-order valence-electron chi connectivity index (χ2n) is 8.82. The van der Waals surface area contributed by atoms with Gasteiger partial charge in [0, 0.05) is 5.56 Å². The Balaban J connectivity index is 1.50. The third-order valence-electron chi connectivity index (χ3n) is 5.88. The molecular formula is C29H35N3O4S. The summed E-state index contributed by atoms with van der Waals surface area (Å²) in [6, 6.07) is 13.4. The molecule has 37 heavy (non-hydrogen) atoms. The van der Waals surface area contributed by atoms with Gasteiger partial charge in [-0.2, -0.15) is 9.50 Å². The van der Waals surface area contributed by atoms with Crippen LogP contribution in [0.4, 0.5) is 0 Å². The van der Waals surface area contributed by atoms with Crippen LogP contribution in [0.3, 0.4) is 0 Å². The van der Waals surface area contributed by atoms with E-state index in [1.165, 1.54) is 35.1 Å². The van der Waals surface area contributed by atoms with E-state index < -0.39 is 0 Å². The molecule has 0 bridgehead atoms. The molecule has 7 nitrogen and oxygen atoms in total. The van der Waals surface area contributed by atoms with Crippen LogP contribution in [-0.2, 0) is 0 Å². The van der Waals surface area contributed by atoms with Gasteiger partial charge in [0.25, 0.3) is 5.56 Å². The highest BCUT2D eigenvalue weighted by Crippen LogP contribution is 2.29. The average molecular weight is 522 g/mol. The van der Waals surface area contributed by atoms with E-state index in [0.29, 0.717) is 34.3 Å². The van der Waals surface area contributed by atoms with Crippen molar-refractivity contribution in [1.29, 1.82) is 0 Å². The number of ether oxygens (including phenoxy) is 3. The second kappa shape index (κ2) is 13.2. The van der Waals surface area contributed by atoms with Gasteiger partial charge in [-0.15, -0.1) is 5.10 Å². The number of nitrogens with zero attached hydrogens (tertiary/aromatic N) is 3. The summed E-state index contributed by atoms with van der Waals surface area (Å²) in [6.45, 7) is 8.17. The van der Waals surface area contributed by atoms with Gasteiger partial charge in [0.2, 0.25) is 4.96 Å². The van der Waals surface area contributed by atoms with Crippen LogP contribution in [-0.4, -0.2) is 34.4 Å². The summed E-state index contributed by atoms with van der Waals surface area (Å²) in [4.78, 5) is 18.2. The van der Waals surface area contributed by atoms with Crippen molar-refractivity contribution in [3.05, 3.63) is 62.9 Å². The van der Waals surface area contributed by atoms with E-state index in [2.05, 4.69) is 23.9 Å². The van der Waals surface area contributed by atoms with E-state index in [4.69, 9.17) is 14.2 Å². The number of aromatic nitrogens is 3. The minimum absolute atomic E-state index is 0.188. The zero-order valence-electron chi connectivity index (χ0n) is 21.9. The summed E-state index contributed by atoms with van der Waals surface area (Å²) in [5, 5.41) is 4.47. The predicted octanol–water partition coefficient (Wildman–Crippen LogP) is 5.90. The van der Waals surface area contributed by atoms with Crippen LogP contribution in [0.5, 0.6) is 17.2 Å². The Morgan fingerprint density at radius 2 is 1.65 bits per heavy atom. The first kappa shape index (κ1) is 26.7. The first-order chi connectivity index (χ1) is 18.1. The molecule has 0 saturated carbocycles. The monoisotopic (exact) mass is 521 g/mol. The Morgan fingerprint density at radius 3 is 2.38 bits per heavy atom. The van der Waals surface area contributed by atoms with Crippen LogP contribution >= 0.6 is 11.3 Å². The molecule has 2 aromatic heterocycles. The molecule has 0 aliphatic rings. The Labute approximate surface area is 221 Å². The molecule has 0 amide bonds. The fourth-order valence-electron chi connectivity index (χ4n) is 3.85. The summed E-state index contributed by atoms with van der Waals surface area (Å²) in [6.07, 6.45) is 8.59. The van der Waals surface area contributed by atoms with E-state index in [-0.39, 0.29) is 5.56 Å². The van der Waals surface area contributed by atoms with Crippen molar-refractivity contribution in [2.75, 3.05) is 19.8 Å². The van der Waals surface area contributed by atoms with Crippen LogP contribution in [0.1, 0.15) is 64.9 Å². The van der Waals surface area contributed by atoms with Crippen molar-refractivity contribution >= 4 is 22.4 Å². The van der Waals surface area contributed by atoms with E-state index in [1.54, 1.807) is 0 Å². The van der Waals surface area contributed by atoms with Gasteiger partial charge in [-0.05, 0) is 67.8 Å². The van der Waals surface area contributed by atoms with Gasteiger partial charge >= 0.3 is 0 Å². The van der Waals surface area contributed by atoms with Gasteiger partial charge in [-0.3, -0.25) is 4.79 Å². The van der Waals surface area contributed by atoms with Gasteiger partial charge in [0.15, 0.2) is 17.3 Å². The highest BCUT2D eigenvalue weighted by atomic mass is 32.1. The maximum absolute atomic E-state index is 13.0. The number of hydrogen-bond acceptors (Lipinski definition) is 7. The highest BCUT2D eigenvalue weighted by molar-refractivity contribution is 7.15. The molecule has 0 radical (unpaired) electrons. The van der Waals surface area contributed by atoms with E-state index in [0.717, 1.165) is 48.5 Å². The quantitative estimate of drug-likeness (QED) is 0.192. The predicted molar refractivity (Wildman–Crippen MR) is 149 cm³/mol. The van der Waals surface area contributed by atoms with Crippen LogP contribution < -0.4 is 24.3 Å². The topological polar surface area (TPSA) is 75.0 Å². The summed E-state index contributed by atoms with van der Waals surface area (Å²) in [5.41, 5.74) is 1.52. The van der Waals surface area contributed by atoms with Crippen molar-refractivity contribution in [2.24, 2.45) is 0 Å². The normalized spacial score (nSPS) is 11.8. The maximum Gasteiger partial charge on any atom is 0.291 e. The third kappa shape index (κ3) is 6.89. The largest absolute Gasteiger partial charge is 0.494 e. The first-order valence-corrected chi connectivity index (χ1v) is 14.0. The lowest BCUT2D eigenvalue weighted by atomic mass is 10.2. The van der Waals surface area contributed by atoms with Gasteiger partial charge in [-0.25, -0.2) is 0 Å². The molecule has 4 aromatic rings. The number of rotatable bonds is 14. The smallest absolute Gasteiger partial charge is 0.291 e. The Bertz CT molecular complexity index is 1400. The number of thiazole rings is 1. The molecule has 2 aromatic carbocycles. The fraction of sp³-hybridized carbons (Fsp3) is 0.414. The minimum Gasteiger partial charge on any atom is -0.494 e. The SMILES string of the molecule is CCCCCCOc1ccc(-c2nc3s/c(=C/c4ccc(OCCCC)c(OCC)c4)c(=O)n3n2)cc1. The lowest BCUT2D eigenvalue weighted by molar-refractivity contribution is 0.272. The first-order valence-electron chi connectivity index (χ1n) is 13.2. The standard InChI is InChI=1S/C29H35N3O4S/c1-4-7-9-10-18-35-23-14-12-22(13-15-23)27-30-29-32(31-27)28(33)26(37-29)20-21-11-16-24(36-17-8-5-2)25(19-21)34-6-3/h11-16,19-20H,4-10,17-18H2,1-3H3/b26-20+.